The Hall–Kier alpha value is -1.46. The average Bonchev–Trinajstić information content (AvgIpc) is 2.49. The summed E-state index contributed by atoms with van der Waals surface area (Å²) in [4.78, 5) is 12.0. The van der Waals surface area contributed by atoms with Crippen LogP contribution in [0.15, 0.2) is 24.3 Å². The van der Waals surface area contributed by atoms with E-state index in [4.69, 9.17) is 9.47 Å². The molecule has 1 saturated heterocycles. The smallest absolute Gasteiger partial charge is 0.224 e. The second-order valence-electron chi connectivity index (χ2n) is 5.70. The van der Waals surface area contributed by atoms with Gasteiger partial charge in [0.05, 0.1) is 31.8 Å². The molecule has 3 rings (SSSR count). The fourth-order valence-electron chi connectivity index (χ4n) is 3.06. The fraction of sp³-hybridized carbons (Fsp3) is 0.562. The number of halogens is 1. The maximum atomic E-state index is 12.8. The predicted molar refractivity (Wildman–Crippen MR) is 75.4 cm³/mol. The third kappa shape index (κ3) is 3.80. The summed E-state index contributed by atoms with van der Waals surface area (Å²) in [5.74, 6) is -0.311. The van der Waals surface area contributed by atoms with E-state index in [1.54, 1.807) is 12.1 Å². The lowest BCUT2D eigenvalue weighted by molar-refractivity contribution is -0.158. The van der Waals surface area contributed by atoms with Crippen molar-refractivity contribution in [1.82, 2.24) is 5.32 Å². The minimum atomic E-state index is -0.285. The molecule has 1 aromatic carbocycles. The summed E-state index contributed by atoms with van der Waals surface area (Å²) in [7, 11) is 0. The van der Waals surface area contributed by atoms with Crippen LogP contribution in [0.1, 0.15) is 24.8 Å². The number of amides is 1. The number of carbonyl (C=O) groups excluding carboxylic acids is 1. The predicted octanol–water partition coefficient (Wildman–Crippen LogP) is 1.82. The molecule has 1 N–H and O–H groups in total. The van der Waals surface area contributed by atoms with Gasteiger partial charge in [-0.05, 0) is 37.0 Å². The molecule has 1 heterocycles. The lowest BCUT2D eigenvalue weighted by Crippen LogP contribution is -2.49. The molecule has 1 aliphatic heterocycles. The topological polar surface area (TPSA) is 47.6 Å². The summed E-state index contributed by atoms with van der Waals surface area (Å²) in [6.07, 6.45) is 3.21. The molecule has 1 amide bonds. The van der Waals surface area contributed by atoms with Crippen LogP contribution in [-0.2, 0) is 20.7 Å². The Morgan fingerprint density at radius 2 is 1.86 bits per heavy atom. The molecule has 1 saturated carbocycles. The van der Waals surface area contributed by atoms with Crippen molar-refractivity contribution in [2.45, 2.75) is 43.9 Å². The molecule has 2 aliphatic rings. The molecule has 21 heavy (non-hydrogen) atoms. The van der Waals surface area contributed by atoms with E-state index in [0.29, 0.717) is 13.2 Å². The van der Waals surface area contributed by atoms with Gasteiger partial charge in [0.1, 0.15) is 5.82 Å². The van der Waals surface area contributed by atoms with Crippen LogP contribution >= 0.6 is 0 Å². The van der Waals surface area contributed by atoms with Gasteiger partial charge in [0.2, 0.25) is 5.91 Å². The first-order valence-electron chi connectivity index (χ1n) is 7.48. The first kappa shape index (κ1) is 14.5. The number of carbonyl (C=O) groups is 1. The highest BCUT2D eigenvalue weighted by molar-refractivity contribution is 5.78. The van der Waals surface area contributed by atoms with Crippen LogP contribution in [0.5, 0.6) is 0 Å². The third-order valence-corrected chi connectivity index (χ3v) is 4.12. The Labute approximate surface area is 123 Å². The van der Waals surface area contributed by atoms with Gasteiger partial charge in [0, 0.05) is 6.04 Å². The Morgan fingerprint density at radius 3 is 2.62 bits per heavy atom. The van der Waals surface area contributed by atoms with Crippen molar-refractivity contribution in [1.29, 1.82) is 0 Å². The van der Waals surface area contributed by atoms with Crippen molar-refractivity contribution in [3.8, 4) is 0 Å². The number of fused-ring (bicyclic) bond motifs is 1. The molecule has 2 fully saturated rings. The van der Waals surface area contributed by atoms with Crippen LogP contribution in [0.25, 0.3) is 0 Å². The molecule has 0 bridgehead atoms. The summed E-state index contributed by atoms with van der Waals surface area (Å²) in [5, 5.41) is 3.05. The minimum Gasteiger partial charge on any atom is -0.373 e. The number of hydrogen-bond donors (Lipinski definition) is 1. The second-order valence-corrected chi connectivity index (χ2v) is 5.70. The highest BCUT2D eigenvalue weighted by atomic mass is 19.1. The van der Waals surface area contributed by atoms with Crippen LogP contribution in [0, 0.1) is 5.82 Å². The van der Waals surface area contributed by atoms with E-state index in [-0.39, 0.29) is 36.4 Å². The zero-order valence-electron chi connectivity index (χ0n) is 11.9. The van der Waals surface area contributed by atoms with Crippen LogP contribution in [0.3, 0.4) is 0 Å². The maximum absolute atomic E-state index is 12.8. The summed E-state index contributed by atoms with van der Waals surface area (Å²) < 4.78 is 24.2. The standard InChI is InChI=1S/C16H20FNO3/c17-12-3-1-11(2-4-12)9-16(19)18-13-5-6-14-15(10-13)21-8-7-20-14/h1-4,13-15H,5-10H2,(H,18,19)/t13-,14-,15-/m1/s1. The number of nitrogens with one attached hydrogen (secondary N) is 1. The van der Waals surface area contributed by atoms with E-state index >= 15 is 0 Å². The van der Waals surface area contributed by atoms with Gasteiger partial charge in [-0.1, -0.05) is 12.1 Å². The molecule has 0 aromatic heterocycles. The average molecular weight is 293 g/mol. The Bertz CT molecular complexity index is 491. The van der Waals surface area contributed by atoms with E-state index in [1.807, 2.05) is 0 Å². The molecule has 0 unspecified atom stereocenters. The number of rotatable bonds is 3. The molecule has 1 aromatic rings. The normalized spacial score (nSPS) is 28.7. The van der Waals surface area contributed by atoms with Crippen molar-refractivity contribution in [3.63, 3.8) is 0 Å². The molecular weight excluding hydrogens is 273 g/mol. The number of hydrogen-bond acceptors (Lipinski definition) is 3. The van der Waals surface area contributed by atoms with Crippen molar-refractivity contribution in [3.05, 3.63) is 35.6 Å². The van der Waals surface area contributed by atoms with E-state index in [2.05, 4.69) is 5.32 Å². The van der Waals surface area contributed by atoms with E-state index in [0.717, 1.165) is 24.8 Å². The molecule has 5 heteroatoms. The summed E-state index contributed by atoms with van der Waals surface area (Å²) in [6, 6.07) is 6.18. The Morgan fingerprint density at radius 1 is 1.14 bits per heavy atom. The first-order valence-corrected chi connectivity index (χ1v) is 7.48. The van der Waals surface area contributed by atoms with Gasteiger partial charge in [-0.3, -0.25) is 4.79 Å². The van der Waals surface area contributed by atoms with Gasteiger partial charge in [-0.15, -0.1) is 0 Å². The van der Waals surface area contributed by atoms with Gasteiger partial charge in [-0.2, -0.15) is 0 Å². The van der Waals surface area contributed by atoms with Crippen LogP contribution in [0.2, 0.25) is 0 Å². The maximum Gasteiger partial charge on any atom is 0.224 e. The van der Waals surface area contributed by atoms with Crippen molar-refractivity contribution in [2.75, 3.05) is 13.2 Å². The Balaban J connectivity index is 1.49. The van der Waals surface area contributed by atoms with Crippen molar-refractivity contribution >= 4 is 5.91 Å². The monoisotopic (exact) mass is 293 g/mol. The zero-order valence-corrected chi connectivity index (χ0v) is 11.9. The summed E-state index contributed by atoms with van der Waals surface area (Å²) >= 11 is 0. The third-order valence-electron chi connectivity index (χ3n) is 4.12. The van der Waals surface area contributed by atoms with Gasteiger partial charge < -0.3 is 14.8 Å². The van der Waals surface area contributed by atoms with Gasteiger partial charge in [-0.25, -0.2) is 4.39 Å². The molecule has 3 atom stereocenters. The summed E-state index contributed by atoms with van der Waals surface area (Å²) in [6.45, 7) is 1.31. The molecular formula is C16H20FNO3. The van der Waals surface area contributed by atoms with Crippen molar-refractivity contribution < 1.29 is 18.7 Å². The van der Waals surface area contributed by atoms with E-state index in [1.165, 1.54) is 12.1 Å². The fourth-order valence-corrected chi connectivity index (χ4v) is 3.06. The molecule has 1 aliphatic carbocycles. The number of ether oxygens (including phenoxy) is 2. The summed E-state index contributed by atoms with van der Waals surface area (Å²) in [5.41, 5.74) is 0.819. The lowest BCUT2D eigenvalue weighted by Gasteiger charge is -2.39. The SMILES string of the molecule is O=C(Cc1ccc(F)cc1)N[C@@H]1CC[C@H]2OCCO[C@@H]2C1. The van der Waals surface area contributed by atoms with Gasteiger partial charge in [0.25, 0.3) is 0 Å². The van der Waals surface area contributed by atoms with E-state index < -0.39 is 0 Å². The molecule has 0 spiro atoms. The highest BCUT2D eigenvalue weighted by Crippen LogP contribution is 2.26. The van der Waals surface area contributed by atoms with Gasteiger partial charge in [0.15, 0.2) is 0 Å². The molecule has 4 nitrogen and oxygen atoms in total. The van der Waals surface area contributed by atoms with Crippen LogP contribution in [-0.4, -0.2) is 37.4 Å². The van der Waals surface area contributed by atoms with Gasteiger partial charge >= 0.3 is 0 Å². The first-order chi connectivity index (χ1) is 10.2. The zero-order chi connectivity index (χ0) is 14.7. The molecule has 0 radical (unpaired) electrons. The largest absolute Gasteiger partial charge is 0.373 e. The number of benzene rings is 1. The quantitative estimate of drug-likeness (QED) is 0.925. The van der Waals surface area contributed by atoms with Crippen LogP contribution in [0.4, 0.5) is 4.39 Å². The lowest BCUT2D eigenvalue weighted by atomic mass is 9.89. The highest BCUT2D eigenvalue weighted by Gasteiger charge is 2.34. The second kappa shape index (κ2) is 6.54. The van der Waals surface area contributed by atoms with Crippen molar-refractivity contribution in [2.24, 2.45) is 0 Å². The minimum absolute atomic E-state index is 0.0261. The molecule has 114 valence electrons. The van der Waals surface area contributed by atoms with E-state index in [9.17, 15) is 9.18 Å². The van der Waals surface area contributed by atoms with Crippen LogP contribution < -0.4 is 5.32 Å². The Kier molecular flexibility index (Phi) is 4.51.